The molecule has 0 saturated carbocycles. The van der Waals surface area contributed by atoms with Crippen molar-refractivity contribution in [1.82, 2.24) is 0 Å². The maximum atomic E-state index is 13.5. The Bertz CT molecular complexity index is 611. The van der Waals surface area contributed by atoms with Crippen molar-refractivity contribution < 1.29 is 19.0 Å². The fourth-order valence-corrected chi connectivity index (χ4v) is 2.10. The quantitative estimate of drug-likeness (QED) is 0.901. The van der Waals surface area contributed by atoms with E-state index in [1.54, 1.807) is 36.4 Å². The molecule has 0 fully saturated rings. The Balaban J connectivity index is 2.00. The van der Waals surface area contributed by atoms with Gasteiger partial charge in [0.25, 0.3) is 0 Å². The maximum absolute atomic E-state index is 13.5. The second kappa shape index (κ2) is 6.52. The van der Waals surface area contributed by atoms with Gasteiger partial charge in [-0.3, -0.25) is 4.79 Å². The molecule has 0 heterocycles. The normalized spacial score (nSPS) is 10.3. The van der Waals surface area contributed by atoms with E-state index in [1.165, 1.54) is 6.07 Å². The number of carboxylic acids is 1. The zero-order valence-electron chi connectivity index (χ0n) is 10.5. The summed E-state index contributed by atoms with van der Waals surface area (Å²) in [5.41, 5.74) is 1.15. The highest BCUT2D eigenvalue weighted by Crippen LogP contribution is 2.19. The third-order valence-corrected chi connectivity index (χ3v) is 3.17. The van der Waals surface area contributed by atoms with Crippen molar-refractivity contribution in [2.45, 2.75) is 13.0 Å². The molecule has 2 aromatic rings. The van der Waals surface area contributed by atoms with Crippen LogP contribution in [0, 0.1) is 5.82 Å². The number of carboxylic acid groups (broad SMARTS) is 1. The zero-order chi connectivity index (χ0) is 14.5. The lowest BCUT2D eigenvalue weighted by Gasteiger charge is -2.08. The number of rotatable bonds is 5. The molecule has 20 heavy (non-hydrogen) atoms. The third-order valence-electron chi connectivity index (χ3n) is 2.68. The summed E-state index contributed by atoms with van der Waals surface area (Å²) in [6.45, 7) is 0.115. The van der Waals surface area contributed by atoms with E-state index in [0.717, 1.165) is 4.47 Å². The van der Waals surface area contributed by atoms with Crippen molar-refractivity contribution in [1.29, 1.82) is 0 Å². The molecule has 0 unspecified atom stereocenters. The summed E-state index contributed by atoms with van der Waals surface area (Å²) in [4.78, 5) is 10.6. The largest absolute Gasteiger partial charge is 0.489 e. The summed E-state index contributed by atoms with van der Waals surface area (Å²) in [6.07, 6.45) is -0.0272. The molecule has 2 rings (SSSR count). The van der Waals surface area contributed by atoms with Crippen LogP contribution in [0.1, 0.15) is 11.1 Å². The van der Waals surface area contributed by atoms with Gasteiger partial charge in [0.2, 0.25) is 0 Å². The topological polar surface area (TPSA) is 46.5 Å². The number of ether oxygens (including phenoxy) is 1. The number of halogens is 2. The van der Waals surface area contributed by atoms with Gasteiger partial charge in [0.05, 0.1) is 6.42 Å². The van der Waals surface area contributed by atoms with Gasteiger partial charge >= 0.3 is 5.97 Å². The average Bonchev–Trinajstić information content (AvgIpc) is 2.41. The number of benzene rings is 2. The Morgan fingerprint density at radius 1 is 1.20 bits per heavy atom. The first-order chi connectivity index (χ1) is 9.54. The van der Waals surface area contributed by atoms with E-state index in [-0.39, 0.29) is 18.8 Å². The number of hydrogen-bond donors (Lipinski definition) is 1. The highest BCUT2D eigenvalue weighted by atomic mass is 79.9. The summed E-state index contributed by atoms with van der Waals surface area (Å²) < 4.78 is 19.8. The van der Waals surface area contributed by atoms with Crippen LogP contribution in [0.4, 0.5) is 4.39 Å². The fraction of sp³-hybridized carbons (Fsp3) is 0.133. The summed E-state index contributed by atoms with van der Waals surface area (Å²) >= 11 is 3.28. The van der Waals surface area contributed by atoms with Gasteiger partial charge in [0.1, 0.15) is 18.2 Å². The number of hydrogen-bond acceptors (Lipinski definition) is 2. The minimum Gasteiger partial charge on any atom is -0.489 e. The molecule has 5 heteroatoms. The molecule has 2 aromatic carbocycles. The molecule has 0 amide bonds. The van der Waals surface area contributed by atoms with E-state index >= 15 is 0 Å². The molecule has 1 N–H and O–H groups in total. The first-order valence-electron chi connectivity index (χ1n) is 5.92. The molecule has 0 aliphatic carbocycles. The Hall–Kier alpha value is -1.88. The van der Waals surface area contributed by atoms with Crippen molar-refractivity contribution in [3.05, 3.63) is 63.9 Å². The van der Waals surface area contributed by atoms with Gasteiger partial charge in [-0.1, -0.05) is 28.1 Å². The summed E-state index contributed by atoms with van der Waals surface area (Å²) in [5, 5.41) is 8.67. The van der Waals surface area contributed by atoms with E-state index in [4.69, 9.17) is 9.84 Å². The van der Waals surface area contributed by atoms with E-state index in [2.05, 4.69) is 15.9 Å². The van der Waals surface area contributed by atoms with Crippen LogP contribution in [0.25, 0.3) is 0 Å². The molecular weight excluding hydrogens is 327 g/mol. The molecule has 0 aromatic heterocycles. The summed E-state index contributed by atoms with van der Waals surface area (Å²) in [5.74, 6) is -0.635. The molecule has 0 spiro atoms. The van der Waals surface area contributed by atoms with Crippen molar-refractivity contribution in [3.8, 4) is 5.75 Å². The number of aliphatic carboxylic acids is 1. The van der Waals surface area contributed by atoms with Gasteiger partial charge in [-0.05, 0) is 35.9 Å². The highest BCUT2D eigenvalue weighted by Gasteiger charge is 2.05. The molecule has 0 atom stereocenters. The first-order valence-corrected chi connectivity index (χ1v) is 6.71. The van der Waals surface area contributed by atoms with E-state index < -0.39 is 5.97 Å². The minimum atomic E-state index is -0.880. The molecule has 0 aliphatic heterocycles. The van der Waals surface area contributed by atoms with E-state index in [0.29, 0.717) is 16.9 Å². The standard InChI is InChI=1S/C15H12BrFO3/c16-12-3-6-14(17)11(8-12)9-20-13-4-1-10(2-5-13)7-15(18)19/h1-6,8H,7,9H2,(H,18,19). The fourth-order valence-electron chi connectivity index (χ4n) is 1.69. The Morgan fingerprint density at radius 2 is 1.90 bits per heavy atom. The van der Waals surface area contributed by atoms with Crippen LogP contribution in [-0.4, -0.2) is 11.1 Å². The lowest BCUT2D eigenvalue weighted by Crippen LogP contribution is -2.01. The van der Waals surface area contributed by atoms with Crippen LogP contribution in [-0.2, 0) is 17.8 Å². The number of carbonyl (C=O) groups is 1. The van der Waals surface area contributed by atoms with Gasteiger partial charge in [0, 0.05) is 10.0 Å². The predicted molar refractivity (Wildman–Crippen MR) is 76.2 cm³/mol. The van der Waals surface area contributed by atoms with Gasteiger partial charge in [-0.25, -0.2) is 4.39 Å². The first kappa shape index (κ1) is 14.5. The van der Waals surface area contributed by atoms with E-state index in [1.807, 2.05) is 0 Å². The van der Waals surface area contributed by atoms with Crippen molar-refractivity contribution in [2.24, 2.45) is 0 Å². The Labute approximate surface area is 124 Å². The van der Waals surface area contributed by atoms with Crippen molar-refractivity contribution in [3.63, 3.8) is 0 Å². The monoisotopic (exact) mass is 338 g/mol. The molecule has 0 radical (unpaired) electrons. The smallest absolute Gasteiger partial charge is 0.307 e. The Morgan fingerprint density at radius 3 is 2.55 bits per heavy atom. The minimum absolute atomic E-state index is 0.0272. The summed E-state index contributed by atoms with van der Waals surface area (Å²) in [7, 11) is 0. The predicted octanol–water partition coefficient (Wildman–Crippen LogP) is 3.79. The van der Waals surface area contributed by atoms with Gasteiger partial charge < -0.3 is 9.84 Å². The molecule has 104 valence electrons. The van der Waals surface area contributed by atoms with Crippen LogP contribution in [0.5, 0.6) is 5.75 Å². The average molecular weight is 339 g/mol. The van der Waals surface area contributed by atoms with Gasteiger partial charge in [-0.15, -0.1) is 0 Å². The van der Waals surface area contributed by atoms with Crippen LogP contribution in [0.2, 0.25) is 0 Å². The second-order valence-corrected chi connectivity index (χ2v) is 5.15. The molecule has 0 aliphatic rings. The van der Waals surface area contributed by atoms with Crippen LogP contribution >= 0.6 is 15.9 Å². The van der Waals surface area contributed by atoms with Crippen molar-refractivity contribution in [2.75, 3.05) is 0 Å². The van der Waals surface area contributed by atoms with Crippen LogP contribution < -0.4 is 4.74 Å². The second-order valence-electron chi connectivity index (χ2n) is 4.24. The third kappa shape index (κ3) is 4.06. The van der Waals surface area contributed by atoms with Crippen LogP contribution in [0.15, 0.2) is 46.9 Å². The SMILES string of the molecule is O=C(O)Cc1ccc(OCc2cc(Br)ccc2F)cc1. The highest BCUT2D eigenvalue weighted by molar-refractivity contribution is 9.10. The lowest BCUT2D eigenvalue weighted by atomic mass is 10.1. The molecular formula is C15H12BrFO3. The Kier molecular flexibility index (Phi) is 4.74. The van der Waals surface area contributed by atoms with E-state index in [9.17, 15) is 9.18 Å². The van der Waals surface area contributed by atoms with Crippen LogP contribution in [0.3, 0.4) is 0 Å². The molecule has 0 saturated heterocycles. The lowest BCUT2D eigenvalue weighted by molar-refractivity contribution is -0.136. The van der Waals surface area contributed by atoms with Gasteiger partial charge in [0.15, 0.2) is 0 Å². The molecule has 0 bridgehead atoms. The maximum Gasteiger partial charge on any atom is 0.307 e. The summed E-state index contributed by atoms with van der Waals surface area (Å²) in [6, 6.07) is 11.4. The van der Waals surface area contributed by atoms with Gasteiger partial charge in [-0.2, -0.15) is 0 Å². The zero-order valence-corrected chi connectivity index (χ0v) is 12.1. The van der Waals surface area contributed by atoms with Crippen molar-refractivity contribution >= 4 is 21.9 Å². The molecule has 3 nitrogen and oxygen atoms in total.